The monoisotopic (exact) mass is 236 g/mol. The van der Waals surface area contributed by atoms with Crippen LogP contribution in [-0.2, 0) is 0 Å². The molecule has 4 heteroatoms. The Balaban J connectivity index is 2.61. The van der Waals surface area contributed by atoms with Crippen molar-refractivity contribution >= 4 is 11.6 Å². The van der Waals surface area contributed by atoms with E-state index in [1.807, 2.05) is 26.0 Å². The zero-order valence-electron chi connectivity index (χ0n) is 10.4. The van der Waals surface area contributed by atoms with Gasteiger partial charge in [0.1, 0.15) is 0 Å². The number of anilines is 1. The minimum Gasteiger partial charge on any atom is -0.396 e. The highest BCUT2D eigenvalue weighted by molar-refractivity contribution is 5.93. The van der Waals surface area contributed by atoms with Gasteiger partial charge in [-0.25, -0.2) is 0 Å². The lowest BCUT2D eigenvalue weighted by atomic mass is 9.88. The summed E-state index contributed by atoms with van der Waals surface area (Å²) in [5, 5.41) is 12.5. The van der Waals surface area contributed by atoms with Crippen LogP contribution in [0.5, 0.6) is 0 Å². The summed E-state index contributed by atoms with van der Waals surface area (Å²) >= 11 is 0. The lowest BCUT2D eigenvalue weighted by molar-refractivity contribution is 0.100. The number of aliphatic hydroxyl groups is 1. The molecule has 0 saturated heterocycles. The number of aliphatic hydroxyl groups excluding tert-OH is 1. The van der Waals surface area contributed by atoms with Gasteiger partial charge in [-0.15, -0.1) is 0 Å². The van der Waals surface area contributed by atoms with Crippen LogP contribution in [0.15, 0.2) is 24.3 Å². The molecule has 0 saturated carbocycles. The number of carbonyl (C=O) groups excluding carboxylic acids is 1. The van der Waals surface area contributed by atoms with E-state index in [1.165, 1.54) is 0 Å². The number of hydrogen-bond donors (Lipinski definition) is 3. The van der Waals surface area contributed by atoms with E-state index in [1.54, 1.807) is 12.1 Å². The lowest BCUT2D eigenvalue weighted by Gasteiger charge is -2.26. The summed E-state index contributed by atoms with van der Waals surface area (Å²) in [6.07, 6.45) is 0.899. The Morgan fingerprint density at radius 3 is 2.41 bits per heavy atom. The minimum atomic E-state index is -0.426. The van der Waals surface area contributed by atoms with E-state index in [0.717, 1.165) is 12.1 Å². The van der Waals surface area contributed by atoms with Gasteiger partial charge in [0.2, 0.25) is 5.91 Å². The van der Waals surface area contributed by atoms with Gasteiger partial charge in [-0.3, -0.25) is 4.79 Å². The van der Waals surface area contributed by atoms with Crippen molar-refractivity contribution in [2.75, 3.05) is 18.5 Å². The average molecular weight is 236 g/mol. The number of benzene rings is 1. The molecule has 1 aromatic rings. The molecular weight excluding hydrogens is 216 g/mol. The van der Waals surface area contributed by atoms with Gasteiger partial charge in [-0.05, 0) is 30.7 Å². The van der Waals surface area contributed by atoms with Crippen LogP contribution in [0, 0.1) is 5.41 Å². The predicted molar refractivity (Wildman–Crippen MR) is 68.9 cm³/mol. The Hall–Kier alpha value is -1.55. The molecule has 1 unspecified atom stereocenters. The van der Waals surface area contributed by atoms with Crippen molar-refractivity contribution < 1.29 is 9.90 Å². The highest BCUT2D eigenvalue weighted by Gasteiger charge is 2.20. The van der Waals surface area contributed by atoms with Crippen molar-refractivity contribution in [1.82, 2.24) is 0 Å². The van der Waals surface area contributed by atoms with Crippen molar-refractivity contribution in [3.05, 3.63) is 29.8 Å². The van der Waals surface area contributed by atoms with Crippen LogP contribution >= 0.6 is 0 Å². The van der Waals surface area contributed by atoms with Gasteiger partial charge < -0.3 is 16.2 Å². The molecule has 1 aromatic carbocycles. The van der Waals surface area contributed by atoms with E-state index in [0.29, 0.717) is 12.1 Å². The van der Waals surface area contributed by atoms with Crippen molar-refractivity contribution in [3.8, 4) is 0 Å². The molecular formula is C13H20N2O2. The summed E-state index contributed by atoms with van der Waals surface area (Å²) < 4.78 is 0. The Bertz CT molecular complexity index is 370. The van der Waals surface area contributed by atoms with Crippen molar-refractivity contribution in [2.24, 2.45) is 11.1 Å². The first-order chi connectivity index (χ1) is 8.00. The average Bonchev–Trinajstić information content (AvgIpc) is 2.36. The molecule has 0 bridgehead atoms. The van der Waals surface area contributed by atoms with Gasteiger partial charge in [0, 0.05) is 23.2 Å². The fourth-order valence-corrected chi connectivity index (χ4v) is 1.36. The summed E-state index contributed by atoms with van der Waals surface area (Å²) in [5.74, 6) is -0.426. The molecule has 0 fully saturated rings. The summed E-state index contributed by atoms with van der Waals surface area (Å²) in [5.41, 5.74) is 6.45. The largest absolute Gasteiger partial charge is 0.396 e. The van der Waals surface area contributed by atoms with Crippen LogP contribution in [0.25, 0.3) is 0 Å². The first kappa shape index (κ1) is 13.5. The van der Waals surface area contributed by atoms with Crippen LogP contribution < -0.4 is 11.1 Å². The van der Waals surface area contributed by atoms with Crippen LogP contribution in [0.4, 0.5) is 5.69 Å². The molecule has 1 rings (SSSR count). The maximum Gasteiger partial charge on any atom is 0.248 e. The second-order valence-electron chi connectivity index (χ2n) is 4.62. The minimum absolute atomic E-state index is 0.123. The van der Waals surface area contributed by atoms with Gasteiger partial charge in [0.15, 0.2) is 0 Å². The molecule has 0 spiro atoms. The van der Waals surface area contributed by atoms with Gasteiger partial charge in [0.25, 0.3) is 0 Å². The molecule has 1 amide bonds. The van der Waals surface area contributed by atoms with Crippen molar-refractivity contribution in [2.45, 2.75) is 20.3 Å². The van der Waals surface area contributed by atoms with Gasteiger partial charge >= 0.3 is 0 Å². The second-order valence-corrected chi connectivity index (χ2v) is 4.62. The molecule has 0 aromatic heterocycles. The van der Waals surface area contributed by atoms with Crippen molar-refractivity contribution in [1.29, 1.82) is 0 Å². The highest BCUT2D eigenvalue weighted by Crippen LogP contribution is 2.21. The number of rotatable bonds is 6. The molecule has 1 atom stereocenters. The van der Waals surface area contributed by atoms with Crippen LogP contribution in [0.2, 0.25) is 0 Å². The van der Waals surface area contributed by atoms with Gasteiger partial charge in [-0.2, -0.15) is 0 Å². The molecule has 94 valence electrons. The third-order valence-electron chi connectivity index (χ3n) is 3.12. The Morgan fingerprint density at radius 1 is 1.41 bits per heavy atom. The Morgan fingerprint density at radius 2 is 2.00 bits per heavy atom. The van der Waals surface area contributed by atoms with Crippen LogP contribution in [-0.4, -0.2) is 24.2 Å². The predicted octanol–water partition coefficient (Wildman–Crippen LogP) is 1.61. The first-order valence-electron chi connectivity index (χ1n) is 5.75. The van der Waals surface area contributed by atoms with Crippen molar-refractivity contribution in [3.63, 3.8) is 0 Å². The Kier molecular flexibility index (Phi) is 4.52. The third-order valence-corrected chi connectivity index (χ3v) is 3.12. The zero-order valence-corrected chi connectivity index (χ0v) is 10.4. The smallest absolute Gasteiger partial charge is 0.248 e. The van der Waals surface area contributed by atoms with Crippen LogP contribution in [0.1, 0.15) is 30.6 Å². The summed E-state index contributed by atoms with van der Waals surface area (Å²) in [7, 11) is 0. The Labute approximate surface area is 102 Å². The van der Waals surface area contributed by atoms with Crippen LogP contribution in [0.3, 0.4) is 0 Å². The third kappa shape index (κ3) is 3.75. The van der Waals surface area contributed by atoms with E-state index in [2.05, 4.69) is 5.32 Å². The highest BCUT2D eigenvalue weighted by atomic mass is 16.3. The number of amides is 1. The number of carbonyl (C=O) groups is 1. The molecule has 0 heterocycles. The maximum absolute atomic E-state index is 10.9. The molecule has 0 aliphatic rings. The number of nitrogens with one attached hydrogen (secondary N) is 1. The van der Waals surface area contributed by atoms with E-state index in [-0.39, 0.29) is 12.0 Å². The molecule has 0 aliphatic heterocycles. The SMILES string of the molecule is CCC(C)(CO)CNc1ccc(C(N)=O)cc1. The number of nitrogens with two attached hydrogens (primary N) is 1. The summed E-state index contributed by atoms with van der Waals surface area (Å²) in [6, 6.07) is 7.00. The lowest BCUT2D eigenvalue weighted by Crippen LogP contribution is -2.29. The summed E-state index contributed by atoms with van der Waals surface area (Å²) in [4.78, 5) is 10.9. The molecule has 4 nitrogen and oxygen atoms in total. The van der Waals surface area contributed by atoms with E-state index in [4.69, 9.17) is 5.73 Å². The molecule has 17 heavy (non-hydrogen) atoms. The first-order valence-corrected chi connectivity index (χ1v) is 5.75. The number of hydrogen-bond acceptors (Lipinski definition) is 3. The van der Waals surface area contributed by atoms with E-state index >= 15 is 0 Å². The van der Waals surface area contributed by atoms with Gasteiger partial charge in [-0.1, -0.05) is 13.8 Å². The van der Waals surface area contributed by atoms with Gasteiger partial charge in [0.05, 0.1) is 6.61 Å². The molecule has 4 N–H and O–H groups in total. The zero-order chi connectivity index (χ0) is 12.9. The topological polar surface area (TPSA) is 75.3 Å². The molecule has 0 radical (unpaired) electrons. The quantitative estimate of drug-likeness (QED) is 0.702. The number of primary amides is 1. The standard InChI is InChI=1S/C13H20N2O2/c1-3-13(2,9-16)8-15-11-6-4-10(5-7-11)12(14)17/h4-7,15-16H,3,8-9H2,1-2H3,(H2,14,17). The molecule has 0 aliphatic carbocycles. The van der Waals surface area contributed by atoms with E-state index in [9.17, 15) is 9.90 Å². The van der Waals surface area contributed by atoms with E-state index < -0.39 is 5.91 Å². The summed E-state index contributed by atoms with van der Waals surface area (Å²) in [6.45, 7) is 4.91. The fraction of sp³-hybridized carbons (Fsp3) is 0.462. The second kappa shape index (κ2) is 5.68. The fourth-order valence-electron chi connectivity index (χ4n) is 1.36. The normalized spacial score (nSPS) is 14.1. The maximum atomic E-state index is 10.9.